The van der Waals surface area contributed by atoms with E-state index in [9.17, 15) is 5.11 Å². The van der Waals surface area contributed by atoms with Crippen molar-refractivity contribution in [1.82, 2.24) is 4.98 Å². The molecule has 1 unspecified atom stereocenters. The number of nitrogens with zero attached hydrogens (tertiary/aromatic N) is 1. The lowest BCUT2D eigenvalue weighted by atomic mass is 9.86. The summed E-state index contributed by atoms with van der Waals surface area (Å²) in [5, 5.41) is 15.5. The van der Waals surface area contributed by atoms with Crippen LogP contribution in [-0.4, -0.2) is 17.2 Å². The Balaban J connectivity index is 1.97. The number of hydrogen-bond acceptors (Lipinski definition) is 3. The van der Waals surface area contributed by atoms with Crippen molar-refractivity contribution in [3.63, 3.8) is 0 Å². The first-order chi connectivity index (χ1) is 12.1. The van der Waals surface area contributed by atoms with Crippen molar-refractivity contribution >= 4 is 21.5 Å². The molecule has 0 amide bonds. The maximum atomic E-state index is 11.5. The lowest BCUT2D eigenvalue weighted by Gasteiger charge is -2.26. The first-order valence-corrected chi connectivity index (χ1v) is 8.25. The first kappa shape index (κ1) is 15.6. The largest absolute Gasteiger partial charge is 0.497 e. The van der Waals surface area contributed by atoms with Gasteiger partial charge in [-0.3, -0.25) is 4.98 Å². The Bertz CT molecular complexity index is 1060. The Morgan fingerprint density at radius 3 is 2.52 bits per heavy atom. The van der Waals surface area contributed by atoms with Gasteiger partial charge in [-0.25, -0.2) is 0 Å². The Labute approximate surface area is 146 Å². The van der Waals surface area contributed by atoms with Gasteiger partial charge in [0.25, 0.3) is 0 Å². The maximum Gasteiger partial charge on any atom is 0.130 e. The van der Waals surface area contributed by atoms with E-state index in [2.05, 4.69) is 17.1 Å². The summed E-state index contributed by atoms with van der Waals surface area (Å²) in [6, 6.07) is 21.8. The molecule has 0 bridgehead atoms. The van der Waals surface area contributed by atoms with E-state index >= 15 is 0 Å². The summed E-state index contributed by atoms with van der Waals surface area (Å²) in [5.41, 5.74) is 0.278. The van der Waals surface area contributed by atoms with E-state index in [1.54, 1.807) is 20.2 Å². The first-order valence-electron chi connectivity index (χ1n) is 8.25. The predicted octanol–water partition coefficient (Wildman–Crippen LogP) is 4.65. The molecule has 0 aliphatic heterocycles. The Morgan fingerprint density at radius 2 is 1.68 bits per heavy atom. The second-order valence-electron chi connectivity index (χ2n) is 6.35. The number of benzene rings is 3. The standard InChI is InChI=1S/C22H19NO2/c1-22(24,20-9-5-7-15-6-3-4-8-18(15)20)21-19-11-10-17(25-2)14-16(19)12-13-23-21/h3-14,24H,1-2H3. The van der Waals surface area contributed by atoms with Crippen molar-refractivity contribution in [2.24, 2.45) is 0 Å². The summed E-state index contributed by atoms with van der Waals surface area (Å²) in [7, 11) is 1.65. The van der Waals surface area contributed by atoms with E-state index in [0.717, 1.165) is 32.9 Å². The van der Waals surface area contributed by atoms with E-state index in [4.69, 9.17) is 4.74 Å². The topological polar surface area (TPSA) is 42.4 Å². The van der Waals surface area contributed by atoms with Crippen molar-refractivity contribution < 1.29 is 9.84 Å². The highest BCUT2D eigenvalue weighted by molar-refractivity contribution is 5.90. The van der Waals surface area contributed by atoms with E-state index in [0.29, 0.717) is 5.69 Å². The molecule has 0 radical (unpaired) electrons. The molecular weight excluding hydrogens is 310 g/mol. The van der Waals surface area contributed by atoms with Gasteiger partial charge >= 0.3 is 0 Å². The summed E-state index contributed by atoms with van der Waals surface area (Å²) in [6.07, 6.45) is 1.73. The van der Waals surface area contributed by atoms with Crippen LogP contribution in [0.15, 0.2) is 72.9 Å². The molecule has 0 aliphatic carbocycles. The number of ether oxygens (including phenoxy) is 1. The fraction of sp³-hybridized carbons (Fsp3) is 0.136. The zero-order valence-corrected chi connectivity index (χ0v) is 14.2. The van der Waals surface area contributed by atoms with Crippen LogP contribution in [0.3, 0.4) is 0 Å². The zero-order chi connectivity index (χ0) is 17.4. The highest BCUT2D eigenvalue weighted by atomic mass is 16.5. The lowest BCUT2D eigenvalue weighted by molar-refractivity contribution is 0.101. The van der Waals surface area contributed by atoms with E-state index < -0.39 is 5.60 Å². The summed E-state index contributed by atoms with van der Waals surface area (Å²) in [6.45, 7) is 1.81. The Kier molecular flexibility index (Phi) is 3.66. The van der Waals surface area contributed by atoms with Gasteiger partial charge in [-0.2, -0.15) is 0 Å². The zero-order valence-electron chi connectivity index (χ0n) is 14.2. The van der Waals surface area contributed by atoms with Crippen LogP contribution in [-0.2, 0) is 5.60 Å². The van der Waals surface area contributed by atoms with Gasteiger partial charge in [0, 0.05) is 11.6 Å². The van der Waals surface area contributed by atoms with Crippen LogP contribution >= 0.6 is 0 Å². The van der Waals surface area contributed by atoms with Crippen molar-refractivity contribution in [3.05, 3.63) is 84.2 Å². The van der Waals surface area contributed by atoms with Gasteiger partial charge in [-0.05, 0) is 52.9 Å². The third-order valence-electron chi connectivity index (χ3n) is 4.75. The van der Waals surface area contributed by atoms with Crippen LogP contribution in [0.5, 0.6) is 5.75 Å². The molecule has 0 spiro atoms. The van der Waals surface area contributed by atoms with Gasteiger partial charge in [0.15, 0.2) is 0 Å². The number of hydrogen-bond donors (Lipinski definition) is 1. The number of fused-ring (bicyclic) bond motifs is 2. The average Bonchev–Trinajstić information content (AvgIpc) is 2.66. The molecule has 1 N–H and O–H groups in total. The van der Waals surface area contributed by atoms with E-state index in [1.807, 2.05) is 54.6 Å². The highest BCUT2D eigenvalue weighted by Gasteiger charge is 2.30. The van der Waals surface area contributed by atoms with Crippen molar-refractivity contribution in [1.29, 1.82) is 0 Å². The van der Waals surface area contributed by atoms with Crippen LogP contribution in [0.1, 0.15) is 18.2 Å². The molecular formula is C22H19NO2. The monoisotopic (exact) mass is 329 g/mol. The van der Waals surface area contributed by atoms with Gasteiger partial charge in [0.1, 0.15) is 11.4 Å². The van der Waals surface area contributed by atoms with Gasteiger partial charge in [-0.15, -0.1) is 0 Å². The quantitative estimate of drug-likeness (QED) is 0.595. The second-order valence-corrected chi connectivity index (χ2v) is 6.35. The number of aromatic nitrogens is 1. The lowest BCUT2D eigenvalue weighted by Crippen LogP contribution is -2.25. The molecule has 0 saturated carbocycles. The van der Waals surface area contributed by atoms with Crippen molar-refractivity contribution in [3.8, 4) is 5.75 Å². The molecule has 0 saturated heterocycles. The average molecular weight is 329 g/mol. The number of pyridine rings is 1. The van der Waals surface area contributed by atoms with Crippen molar-refractivity contribution in [2.45, 2.75) is 12.5 Å². The van der Waals surface area contributed by atoms with Crippen LogP contribution in [0.4, 0.5) is 0 Å². The molecule has 124 valence electrons. The van der Waals surface area contributed by atoms with E-state index in [1.165, 1.54) is 0 Å². The fourth-order valence-corrected chi connectivity index (χ4v) is 3.45. The van der Waals surface area contributed by atoms with Gasteiger partial charge in [-0.1, -0.05) is 42.5 Å². The summed E-state index contributed by atoms with van der Waals surface area (Å²) in [4.78, 5) is 4.53. The minimum absolute atomic E-state index is 0.643. The molecule has 3 nitrogen and oxygen atoms in total. The molecule has 25 heavy (non-hydrogen) atoms. The normalized spacial score (nSPS) is 13.7. The Morgan fingerprint density at radius 1 is 0.880 bits per heavy atom. The summed E-state index contributed by atoms with van der Waals surface area (Å²) < 4.78 is 5.31. The molecule has 4 rings (SSSR count). The molecule has 1 atom stereocenters. The van der Waals surface area contributed by atoms with Crippen LogP contribution < -0.4 is 4.74 Å². The van der Waals surface area contributed by atoms with Crippen LogP contribution in [0, 0.1) is 0 Å². The molecule has 1 heterocycles. The van der Waals surface area contributed by atoms with Gasteiger partial charge in [0.2, 0.25) is 0 Å². The van der Waals surface area contributed by atoms with E-state index in [-0.39, 0.29) is 0 Å². The fourth-order valence-electron chi connectivity index (χ4n) is 3.45. The summed E-state index contributed by atoms with van der Waals surface area (Å²) >= 11 is 0. The number of rotatable bonds is 3. The molecule has 3 aromatic carbocycles. The minimum atomic E-state index is -1.21. The van der Waals surface area contributed by atoms with Crippen molar-refractivity contribution in [2.75, 3.05) is 7.11 Å². The third-order valence-corrected chi connectivity index (χ3v) is 4.75. The number of methoxy groups -OCH3 is 1. The molecule has 0 aliphatic rings. The SMILES string of the molecule is COc1ccc2c(C(C)(O)c3cccc4ccccc34)nccc2c1. The molecule has 4 aromatic rings. The van der Waals surface area contributed by atoms with Crippen LogP contribution in [0.25, 0.3) is 21.5 Å². The van der Waals surface area contributed by atoms with Gasteiger partial charge < -0.3 is 9.84 Å². The number of aliphatic hydroxyl groups is 1. The minimum Gasteiger partial charge on any atom is -0.497 e. The maximum absolute atomic E-state index is 11.5. The third kappa shape index (κ3) is 2.53. The van der Waals surface area contributed by atoms with Gasteiger partial charge in [0.05, 0.1) is 12.8 Å². The highest BCUT2D eigenvalue weighted by Crippen LogP contribution is 2.37. The smallest absolute Gasteiger partial charge is 0.130 e. The molecule has 3 heteroatoms. The predicted molar refractivity (Wildman–Crippen MR) is 101 cm³/mol. The second kappa shape index (κ2) is 5.87. The Hall–Kier alpha value is -2.91. The summed E-state index contributed by atoms with van der Waals surface area (Å²) in [5.74, 6) is 0.787. The molecule has 1 aromatic heterocycles. The molecule has 0 fully saturated rings. The van der Waals surface area contributed by atoms with Crippen LogP contribution in [0.2, 0.25) is 0 Å².